The third-order valence-corrected chi connectivity index (χ3v) is 19.1. The van der Waals surface area contributed by atoms with E-state index in [1.54, 1.807) is 0 Å². The summed E-state index contributed by atoms with van der Waals surface area (Å²) in [7, 11) is -9.79. The predicted octanol–water partition coefficient (Wildman–Crippen LogP) is 24.1. The van der Waals surface area contributed by atoms with E-state index in [-0.39, 0.29) is 19.3 Å². The highest BCUT2D eigenvalue weighted by molar-refractivity contribution is 7.47. The van der Waals surface area contributed by atoms with E-state index in [2.05, 4.69) is 142 Å². The number of aliphatic hydroxyl groups is 2. The quantitative estimate of drug-likeness (QED) is 0.0146. The molecule has 0 rings (SSSR count). The molecule has 0 aromatic carbocycles. The molecule has 0 saturated carbocycles. The lowest BCUT2D eigenvalue weighted by Gasteiger charge is -2.21. The van der Waals surface area contributed by atoms with E-state index in [1.807, 2.05) is 0 Å². The Balaban J connectivity index is 4.43. The molecule has 0 spiro atoms. The topological polar surface area (TPSA) is 231 Å². The lowest BCUT2D eigenvalue weighted by molar-refractivity contribution is -0.161. The SMILES string of the molecule is CC/C=C\C/C=C\C/C=C\C/C=C\C/C=C\C/C=C\CCCCCCCCCCCCCCCCC(=O)OCC(O)COP(=O)(O)OCC(O)COP(=O)(O)OCC(COC(=O)CCCCCCC/C=C\C/C=C\C/C=C\C/C=C\CCCCC)OC(=O)CCCCCCCCCCCCCCC. The van der Waals surface area contributed by atoms with Crippen LogP contribution in [-0.2, 0) is 55.8 Å². The summed E-state index contributed by atoms with van der Waals surface area (Å²) in [6.45, 7) is 2.54. The Labute approximate surface area is 627 Å². The number of carbonyl (C=O) groups excluding carboxylic acids is 3. The van der Waals surface area contributed by atoms with Crippen LogP contribution in [0.4, 0.5) is 0 Å². The normalized spacial score (nSPS) is 14.6. The van der Waals surface area contributed by atoms with Gasteiger partial charge in [0.15, 0.2) is 6.10 Å². The minimum Gasteiger partial charge on any atom is -0.463 e. The monoisotopic (exact) mass is 1490 g/mol. The number of unbranched alkanes of at least 4 members (excludes halogenated alkanes) is 34. The Hall–Kier alpha value is -4.05. The second kappa shape index (κ2) is 77.6. The van der Waals surface area contributed by atoms with E-state index >= 15 is 0 Å². The first-order chi connectivity index (χ1) is 50.2. The summed E-state index contributed by atoms with van der Waals surface area (Å²) < 4.78 is 61.1. The van der Waals surface area contributed by atoms with Crippen LogP contribution in [0.15, 0.2) is 122 Å². The van der Waals surface area contributed by atoms with Crippen LogP contribution in [-0.4, -0.2) is 95.9 Å². The zero-order valence-corrected chi connectivity index (χ0v) is 66.7. The summed E-state index contributed by atoms with van der Waals surface area (Å²) >= 11 is 0. The predicted molar refractivity (Wildman–Crippen MR) is 427 cm³/mol. The Morgan fingerprint density at radius 3 is 0.835 bits per heavy atom. The first kappa shape index (κ1) is 98.9. The van der Waals surface area contributed by atoms with Gasteiger partial charge >= 0.3 is 33.6 Å². The van der Waals surface area contributed by atoms with Gasteiger partial charge in [0.2, 0.25) is 0 Å². The van der Waals surface area contributed by atoms with Gasteiger partial charge in [-0.3, -0.25) is 32.5 Å². The lowest BCUT2D eigenvalue weighted by Crippen LogP contribution is -2.30. The summed E-state index contributed by atoms with van der Waals surface area (Å²) in [5.74, 6) is -1.58. The Kier molecular flexibility index (Phi) is 74.5. The fourth-order valence-corrected chi connectivity index (χ4v) is 12.6. The number of rotatable bonds is 77. The zero-order valence-electron chi connectivity index (χ0n) is 65.0. The zero-order chi connectivity index (χ0) is 75.2. The maximum absolute atomic E-state index is 12.9. The highest BCUT2D eigenvalue weighted by Gasteiger charge is 2.29. The van der Waals surface area contributed by atoms with Crippen molar-refractivity contribution >= 4 is 33.6 Å². The molecule has 0 fully saturated rings. The first-order valence-corrected chi connectivity index (χ1v) is 43.8. The number of carbonyl (C=O) groups is 3. The van der Waals surface area contributed by atoms with Crippen LogP contribution in [0.5, 0.6) is 0 Å². The van der Waals surface area contributed by atoms with Crippen LogP contribution in [0.25, 0.3) is 0 Å². The van der Waals surface area contributed by atoms with Crippen molar-refractivity contribution in [3.8, 4) is 0 Å². The average molecular weight is 1490 g/mol. The van der Waals surface area contributed by atoms with Crippen molar-refractivity contribution in [2.75, 3.05) is 39.6 Å². The molecule has 0 amide bonds. The molecule has 0 saturated heterocycles. The van der Waals surface area contributed by atoms with Crippen LogP contribution < -0.4 is 0 Å². The highest BCUT2D eigenvalue weighted by atomic mass is 31.2. The van der Waals surface area contributed by atoms with Crippen molar-refractivity contribution in [2.45, 2.75) is 360 Å². The minimum atomic E-state index is -4.93. The van der Waals surface area contributed by atoms with Crippen molar-refractivity contribution in [3.63, 3.8) is 0 Å². The van der Waals surface area contributed by atoms with Crippen LogP contribution in [0, 0.1) is 0 Å². The summed E-state index contributed by atoms with van der Waals surface area (Å²) in [5.41, 5.74) is 0. The fourth-order valence-electron chi connectivity index (χ4n) is 11.0. The number of esters is 3. The fraction of sp³-hybridized carbons (Fsp3) is 0.729. The van der Waals surface area contributed by atoms with Gasteiger partial charge in [-0.15, -0.1) is 0 Å². The van der Waals surface area contributed by atoms with Gasteiger partial charge in [-0.25, -0.2) is 9.13 Å². The van der Waals surface area contributed by atoms with Crippen molar-refractivity contribution in [3.05, 3.63) is 122 Å². The van der Waals surface area contributed by atoms with Crippen molar-refractivity contribution in [1.82, 2.24) is 0 Å². The molecular formula is C85H148O16P2. The molecule has 0 radical (unpaired) electrons. The van der Waals surface area contributed by atoms with Crippen LogP contribution in [0.2, 0.25) is 0 Å². The molecule has 0 aromatic rings. The Morgan fingerprint density at radius 1 is 0.282 bits per heavy atom. The second-order valence-electron chi connectivity index (χ2n) is 27.2. The molecule has 594 valence electrons. The van der Waals surface area contributed by atoms with Gasteiger partial charge in [-0.2, -0.15) is 0 Å². The number of allylic oxidation sites excluding steroid dienone is 20. The number of phosphoric acid groups is 2. The Morgan fingerprint density at radius 2 is 0.515 bits per heavy atom. The van der Waals surface area contributed by atoms with Crippen molar-refractivity contribution in [1.29, 1.82) is 0 Å². The largest absolute Gasteiger partial charge is 0.472 e. The molecule has 0 aliphatic heterocycles. The molecule has 0 aliphatic rings. The summed E-state index contributed by atoms with van der Waals surface area (Å²) in [4.78, 5) is 58.6. The number of ether oxygens (including phenoxy) is 3. The number of hydrogen-bond acceptors (Lipinski definition) is 14. The van der Waals surface area contributed by atoms with E-state index in [0.717, 1.165) is 141 Å². The molecule has 4 N–H and O–H groups in total. The summed E-state index contributed by atoms with van der Waals surface area (Å²) in [6, 6.07) is 0. The number of hydrogen-bond donors (Lipinski definition) is 4. The van der Waals surface area contributed by atoms with Crippen LogP contribution in [0.3, 0.4) is 0 Å². The minimum absolute atomic E-state index is 0.103. The smallest absolute Gasteiger partial charge is 0.463 e. The standard InChI is InChI=1S/C85H148O16P2/c1-4-7-10-13-16-19-22-25-27-29-31-33-34-35-36-37-38-39-40-41-42-43-44-46-48-49-51-54-56-59-62-65-68-71-83(88)95-74-80(86)75-97-102(91,92)98-76-81(87)77-99-103(93,94)100-79-82(101-85(90)73-70-67-64-61-58-53-24-21-18-15-12-9-6-3)78-96-84(89)72-69-66-63-60-57-55-52-50-47-45-32-30-28-26-23-20-17-14-11-8-5-2/h7,10,16-17,19-20,25-28,31-33,35-36,38-39,45,50,52,80-82,86-87H,4-6,8-9,11-15,18,21-24,29-30,34,37,40-44,46-49,51,53-79H2,1-3H3,(H,91,92)(H,93,94)/b10-7-,19-16-,20-17-,27-25-,28-26-,33-31-,36-35-,39-38-,45-32-,52-50-. The lowest BCUT2D eigenvalue weighted by atomic mass is 10.0. The van der Waals surface area contributed by atoms with Gasteiger partial charge in [0, 0.05) is 19.3 Å². The molecule has 0 heterocycles. The molecule has 5 atom stereocenters. The molecule has 18 heteroatoms. The molecule has 5 unspecified atom stereocenters. The Bertz CT molecular complexity index is 2360. The summed E-state index contributed by atoms with van der Waals surface area (Å²) in [6.07, 6.45) is 92.5. The molecule has 0 aromatic heterocycles. The molecule has 16 nitrogen and oxygen atoms in total. The maximum Gasteiger partial charge on any atom is 0.472 e. The van der Waals surface area contributed by atoms with E-state index in [9.17, 15) is 43.5 Å². The maximum atomic E-state index is 12.9. The third kappa shape index (κ3) is 78.8. The van der Waals surface area contributed by atoms with Crippen LogP contribution in [0.1, 0.15) is 342 Å². The van der Waals surface area contributed by atoms with Gasteiger partial charge in [0.1, 0.15) is 25.4 Å². The van der Waals surface area contributed by atoms with Crippen LogP contribution >= 0.6 is 15.6 Å². The van der Waals surface area contributed by atoms with Gasteiger partial charge < -0.3 is 34.2 Å². The number of aliphatic hydroxyl groups excluding tert-OH is 2. The average Bonchev–Trinajstić information content (AvgIpc) is 0.937. The molecule has 103 heavy (non-hydrogen) atoms. The number of phosphoric ester groups is 2. The van der Waals surface area contributed by atoms with Crippen molar-refractivity contribution < 1.29 is 75.8 Å². The van der Waals surface area contributed by atoms with Gasteiger partial charge in [-0.1, -0.05) is 328 Å². The van der Waals surface area contributed by atoms with E-state index in [4.69, 9.17) is 32.3 Å². The van der Waals surface area contributed by atoms with E-state index < -0.39 is 91.5 Å². The van der Waals surface area contributed by atoms with Gasteiger partial charge in [-0.05, 0) is 116 Å². The highest BCUT2D eigenvalue weighted by Crippen LogP contribution is 2.45. The summed E-state index contributed by atoms with van der Waals surface area (Å²) in [5, 5.41) is 20.6. The third-order valence-electron chi connectivity index (χ3n) is 17.2. The van der Waals surface area contributed by atoms with E-state index in [1.165, 1.54) is 141 Å². The van der Waals surface area contributed by atoms with Crippen molar-refractivity contribution in [2.24, 2.45) is 0 Å². The molecular weight excluding hydrogens is 1340 g/mol. The van der Waals surface area contributed by atoms with E-state index in [0.29, 0.717) is 19.3 Å². The molecule has 0 bridgehead atoms. The van der Waals surface area contributed by atoms with Gasteiger partial charge in [0.05, 0.1) is 26.4 Å². The second-order valence-corrected chi connectivity index (χ2v) is 30.1. The molecule has 0 aliphatic carbocycles. The first-order valence-electron chi connectivity index (χ1n) is 40.8. The van der Waals surface area contributed by atoms with Gasteiger partial charge in [0.25, 0.3) is 0 Å².